The molecule has 3 aliphatic heterocycles. The van der Waals surface area contributed by atoms with Gasteiger partial charge in [-0.05, 0) is 216 Å². The number of carbonyl (C=O) groups is 3. The lowest BCUT2D eigenvalue weighted by atomic mass is 9.88. The first-order chi connectivity index (χ1) is 54.6. The summed E-state index contributed by atoms with van der Waals surface area (Å²) in [6.45, 7) is 16.5. The number of anilines is 3. The van der Waals surface area contributed by atoms with Crippen molar-refractivity contribution >= 4 is 164 Å². The van der Waals surface area contributed by atoms with E-state index in [4.69, 9.17) is 67.1 Å². The molecule has 1 atom stereocenters. The number of rotatable bonds is 14. The Kier molecular flexibility index (Phi) is 37.9. The van der Waals surface area contributed by atoms with Crippen LogP contribution in [-0.4, -0.2) is 121 Å². The fourth-order valence-electron chi connectivity index (χ4n) is 12.1. The van der Waals surface area contributed by atoms with Gasteiger partial charge in [0.2, 0.25) is 17.4 Å². The Balaban J connectivity index is 0.000000216. The smallest absolute Gasteiger partial charge is 0.346 e. The van der Waals surface area contributed by atoms with Gasteiger partial charge < -0.3 is 77.4 Å². The highest BCUT2D eigenvalue weighted by Gasteiger charge is 2.38. The summed E-state index contributed by atoms with van der Waals surface area (Å²) in [6, 6.07) is 31.9. The second-order valence-electron chi connectivity index (χ2n) is 29.8. The highest BCUT2D eigenvalue weighted by atomic mass is 79.9. The molecule has 7 aliphatic rings. The first-order valence-corrected chi connectivity index (χ1v) is 44.0. The van der Waals surface area contributed by atoms with Gasteiger partial charge in [0, 0.05) is 78.8 Å². The number of aliphatic hydroxyl groups is 1. The minimum Gasteiger partial charge on any atom is -0.496 e. The molecule has 0 amide bonds. The molecule has 0 bridgehead atoms. The number of nitrogen functional groups attached to an aromatic ring is 2. The zero-order valence-electron chi connectivity index (χ0n) is 66.1. The third-order valence-electron chi connectivity index (χ3n) is 20.1. The van der Waals surface area contributed by atoms with Crippen molar-refractivity contribution in [3.8, 4) is 11.5 Å². The summed E-state index contributed by atoms with van der Waals surface area (Å²) in [6.07, 6.45) is 11.5. The van der Waals surface area contributed by atoms with Crippen LogP contribution >= 0.6 is 87.7 Å². The van der Waals surface area contributed by atoms with Crippen LogP contribution in [0.3, 0.4) is 0 Å². The molecule has 1 unspecified atom stereocenters. The molecular formula is C83H99Br4Cl2F5N10O13Si. The topological polar surface area (TPSA) is 390 Å². The van der Waals surface area contributed by atoms with Crippen molar-refractivity contribution in [3.63, 3.8) is 0 Å². The van der Waals surface area contributed by atoms with E-state index in [1.807, 2.05) is 24.3 Å². The van der Waals surface area contributed by atoms with Crippen LogP contribution in [0.2, 0.25) is 18.1 Å². The number of aromatic carboxylic acids is 2. The minimum atomic E-state index is -1.51. The van der Waals surface area contributed by atoms with Gasteiger partial charge >= 0.3 is 17.6 Å². The first kappa shape index (κ1) is 99.0. The van der Waals surface area contributed by atoms with Gasteiger partial charge in [-0.15, -0.1) is 12.4 Å². The number of carboxylic acid groups (broad SMARTS) is 2. The number of nitrogens with two attached hydrogens (primary N) is 3. The van der Waals surface area contributed by atoms with E-state index in [1.54, 1.807) is 20.3 Å². The van der Waals surface area contributed by atoms with E-state index in [0.29, 0.717) is 72.2 Å². The predicted molar refractivity (Wildman–Crippen MR) is 469 cm³/mol. The van der Waals surface area contributed by atoms with Gasteiger partial charge in [-0.3, -0.25) is 4.79 Å². The summed E-state index contributed by atoms with van der Waals surface area (Å²) in [5.74, 6) is 1.55. The first-order valence-electron chi connectivity index (χ1n) is 37.5. The largest absolute Gasteiger partial charge is 0.496 e. The number of carboxylic acids is 2. The van der Waals surface area contributed by atoms with Crippen LogP contribution in [0, 0.1) is 40.9 Å². The number of para-hydroxylation sites is 3. The molecule has 2 saturated heterocycles. The van der Waals surface area contributed by atoms with Crippen LogP contribution in [0.5, 0.6) is 11.5 Å². The SMILES string of the molecule is CC(C)(C)[Si](C)(C)OCCN.COc1ccccc1C1CCN(c2nc(C3CC3)nc3c(F)cc(Br)cc23)CC1.COc1ccccc1C1CCNCC1.Cl.N.Nc1c(F)cc(Br)cc1C(=O)O.Nc1c(F)cccc1C(=O)O.O.O=C(Cl)C1CC1.O=c1oc(C2CC2)nc2c(F)cc(Br)cc12.OC1OC(C2CC2)=Nc2c(F)cc(Br)cc21. The van der Waals surface area contributed by atoms with Crippen molar-refractivity contribution in [2.75, 3.05) is 69.9 Å². The van der Waals surface area contributed by atoms with Gasteiger partial charge in [0.15, 0.2) is 31.7 Å². The number of piperidine rings is 2. The number of aromatic nitrogens is 3. The number of nitrogens with one attached hydrogen (secondary N) is 1. The van der Waals surface area contributed by atoms with Gasteiger partial charge in [-0.2, -0.15) is 0 Å². The predicted octanol–water partition coefficient (Wildman–Crippen LogP) is 19.8. The van der Waals surface area contributed by atoms with Crippen molar-refractivity contribution in [1.82, 2.24) is 26.4 Å². The lowest BCUT2D eigenvalue weighted by molar-refractivity contribution is -0.112. The van der Waals surface area contributed by atoms with Gasteiger partial charge in [0.1, 0.15) is 51.5 Å². The average Bonchev–Trinajstić information content (AvgIpc) is 1.16. The molecule has 23 nitrogen and oxygen atoms in total. The van der Waals surface area contributed by atoms with Crippen molar-refractivity contribution < 1.29 is 80.2 Å². The van der Waals surface area contributed by atoms with Crippen molar-refractivity contribution in [2.24, 2.45) is 22.6 Å². The molecular weight excluding hydrogens is 1860 g/mol. The fourth-order valence-corrected chi connectivity index (χ4v) is 15.2. The van der Waals surface area contributed by atoms with Crippen LogP contribution in [0.25, 0.3) is 21.8 Å². The number of benzene rings is 7. The molecule has 4 aliphatic carbocycles. The van der Waals surface area contributed by atoms with E-state index in [-0.39, 0.29) is 91.9 Å². The number of carbonyl (C=O) groups excluding carboxylic acids is 1. The quantitative estimate of drug-likeness (QED) is 0.0217. The summed E-state index contributed by atoms with van der Waals surface area (Å²) in [5, 5.41) is 31.3. The van der Waals surface area contributed by atoms with E-state index >= 15 is 0 Å². The van der Waals surface area contributed by atoms with Crippen LogP contribution in [0.4, 0.5) is 44.8 Å². The van der Waals surface area contributed by atoms with Crippen molar-refractivity contribution in [2.45, 2.75) is 146 Å². The Bertz CT molecular complexity index is 5040. The molecule has 118 heavy (non-hydrogen) atoms. The second kappa shape index (κ2) is 45.2. The maximum absolute atomic E-state index is 14.7. The van der Waals surface area contributed by atoms with E-state index in [0.717, 1.165) is 136 Å². The molecule has 640 valence electrons. The molecule has 0 radical (unpaired) electrons. The maximum Gasteiger partial charge on any atom is 0.346 e. The Morgan fingerprint density at radius 3 is 1.59 bits per heavy atom. The Morgan fingerprint density at radius 2 is 1.10 bits per heavy atom. The van der Waals surface area contributed by atoms with Crippen LogP contribution in [-0.2, 0) is 14.0 Å². The summed E-state index contributed by atoms with van der Waals surface area (Å²) in [4.78, 5) is 62.4. The van der Waals surface area contributed by atoms with Crippen LogP contribution in [0.15, 0.2) is 147 Å². The number of methoxy groups -OCH3 is 2. The fraction of sp³-hybridized carbons (Fsp3) is 0.398. The molecule has 35 heteroatoms. The molecule has 16 rings (SSSR count). The number of nitrogens with zero attached hydrogens (tertiary/aromatic N) is 5. The van der Waals surface area contributed by atoms with Crippen LogP contribution in [0.1, 0.15) is 177 Å². The molecule has 7 aromatic carbocycles. The third-order valence-corrected chi connectivity index (χ3v) is 26.8. The lowest BCUT2D eigenvalue weighted by Crippen LogP contribution is -2.41. The second-order valence-corrected chi connectivity index (χ2v) is 38.6. The normalized spacial score (nSPS) is 16.0. The zero-order chi connectivity index (χ0) is 83.8. The molecule has 5 heterocycles. The summed E-state index contributed by atoms with van der Waals surface area (Å²) in [7, 11) is 1.97. The number of ether oxygens (including phenoxy) is 3. The molecule has 2 aromatic heterocycles. The molecule has 15 N–H and O–H groups in total. The lowest BCUT2D eigenvalue weighted by Gasteiger charge is -2.35. The van der Waals surface area contributed by atoms with Gasteiger partial charge in [0.25, 0.3) is 0 Å². The average molecular weight is 1960 g/mol. The standard InChI is InChI=1S/C23H23BrFN3O.C12H17NO.C11H9BrFNO2.C11H7BrFNO2.C8H21NOSi.C7H5BrFNO2.C7H6FNO2.C4H5ClO.ClH.H3N.H2O/c1-29-20-5-3-2-4-17(20)14-8-10-28(11-9-14)23-18-12-16(24)13-19(25)21(18)26-22(27-23)15-6-7-15;1-14-12-5-3-2-4-11(12)10-6-8-13-9-7-10;2*12-6-3-7-9(8(13)4-6)14-10(5-1-2-5)16-11(7)15;1-8(2,3)11(4,5)10-7-6-9;8-3-1-4(7(11)12)6(10)5(9)2-3;8-5-3-1-2-4(6(5)9)7(10)11;5-4(6)3-1-2-3;;;/h2-5,12-15H,6-11H2,1H3;2-5,10,13H,6-9H2,1H3;3-5,11,15H,1-2H2;3-5H,1-2H2;6-7,9H2,1-5H3;1-2H,10H2,(H,11,12);1-3H,9H2,(H,10,11);3H,1-2H2;1H;1H3;1H2. The molecule has 9 aromatic rings. The number of hydrogen-bond donors (Lipinski definition) is 8. The van der Waals surface area contributed by atoms with Crippen molar-refractivity contribution in [3.05, 3.63) is 212 Å². The highest BCUT2D eigenvalue weighted by molar-refractivity contribution is 9.11. The van der Waals surface area contributed by atoms with E-state index < -0.39 is 55.4 Å². The van der Waals surface area contributed by atoms with Gasteiger partial charge in [-0.1, -0.05) is 127 Å². The number of hydrogen-bond acceptors (Lipinski definition) is 20. The highest BCUT2D eigenvalue weighted by Crippen LogP contribution is 2.45. The summed E-state index contributed by atoms with van der Waals surface area (Å²) >= 11 is 17.7. The van der Waals surface area contributed by atoms with Crippen molar-refractivity contribution in [1.29, 1.82) is 0 Å². The summed E-state index contributed by atoms with van der Waals surface area (Å²) < 4.78 is 96.5. The number of aliphatic hydroxyl groups excluding tert-OH is 1. The Morgan fingerprint density at radius 1 is 0.610 bits per heavy atom. The van der Waals surface area contributed by atoms with E-state index in [9.17, 15) is 46.2 Å². The van der Waals surface area contributed by atoms with Gasteiger partial charge in [0.05, 0.1) is 42.1 Å². The maximum atomic E-state index is 14.7. The minimum absolute atomic E-state index is 0. The molecule has 4 saturated carbocycles. The molecule has 0 spiro atoms. The summed E-state index contributed by atoms with van der Waals surface area (Å²) in [5.41, 5.74) is 17.8. The van der Waals surface area contributed by atoms with E-state index in [2.05, 4.69) is 153 Å². The molecule has 6 fully saturated rings. The number of halogens is 11. The zero-order valence-corrected chi connectivity index (χ0v) is 75.0. The Labute approximate surface area is 727 Å². The third kappa shape index (κ3) is 27.6. The number of fused-ring (bicyclic) bond motifs is 3. The van der Waals surface area contributed by atoms with Crippen LogP contribution < -0.4 is 48.7 Å². The van der Waals surface area contributed by atoms with E-state index in [1.165, 1.54) is 66.4 Å². The van der Waals surface area contributed by atoms with Gasteiger partial charge in [-0.25, -0.2) is 56.3 Å². The monoisotopic (exact) mass is 1950 g/mol. The number of aliphatic imine (C=N–C) groups is 1. The Hall–Kier alpha value is -7.77.